The Morgan fingerprint density at radius 3 is 2.37 bits per heavy atom. The van der Waals surface area contributed by atoms with Crippen molar-refractivity contribution < 1.29 is 21.6 Å². The molecule has 2 aromatic rings. The number of aromatic nitrogens is 1. The van der Waals surface area contributed by atoms with Gasteiger partial charge in [0, 0.05) is 38.4 Å². The average molecular weight is 399 g/mol. The van der Waals surface area contributed by atoms with E-state index in [1.807, 2.05) is 30.3 Å². The van der Waals surface area contributed by atoms with E-state index >= 15 is 0 Å². The van der Waals surface area contributed by atoms with Crippen LogP contribution in [0.2, 0.25) is 0 Å². The molecule has 2 heterocycles. The van der Waals surface area contributed by atoms with Crippen molar-refractivity contribution in [3.63, 3.8) is 0 Å². The summed E-state index contributed by atoms with van der Waals surface area (Å²) in [5, 5.41) is 0. The molecule has 1 aliphatic rings. The van der Waals surface area contributed by atoms with Gasteiger partial charge in [-0.1, -0.05) is 30.3 Å². The molecule has 1 aromatic heterocycles. The van der Waals surface area contributed by atoms with Crippen LogP contribution in [0, 0.1) is 0 Å². The fourth-order valence-corrected chi connectivity index (χ4v) is 4.75. The first-order chi connectivity index (χ1) is 12.7. The predicted octanol–water partition coefficient (Wildman–Crippen LogP) is 3.00. The highest BCUT2D eigenvalue weighted by Gasteiger charge is 2.36. The Morgan fingerprint density at radius 1 is 1.11 bits per heavy atom. The Morgan fingerprint density at radius 2 is 1.81 bits per heavy atom. The molecule has 0 saturated carbocycles. The second-order valence-electron chi connectivity index (χ2n) is 6.56. The molecule has 0 unspecified atom stereocenters. The monoisotopic (exact) mass is 399 g/mol. The van der Waals surface area contributed by atoms with Gasteiger partial charge in [0.1, 0.15) is 10.6 Å². The molecule has 146 valence electrons. The lowest BCUT2D eigenvalue weighted by Crippen LogP contribution is -2.53. The van der Waals surface area contributed by atoms with Crippen molar-refractivity contribution in [3.8, 4) is 0 Å². The van der Waals surface area contributed by atoms with Crippen LogP contribution in [0.15, 0.2) is 53.6 Å². The Labute approximate surface area is 156 Å². The lowest BCUT2D eigenvalue weighted by molar-refractivity contribution is -0.141. The zero-order valence-electron chi connectivity index (χ0n) is 14.7. The minimum Gasteiger partial charge on any atom is -0.296 e. The van der Waals surface area contributed by atoms with E-state index in [0.717, 1.165) is 24.4 Å². The molecule has 0 bridgehead atoms. The molecular weight excluding hydrogens is 379 g/mol. The third kappa shape index (κ3) is 4.48. The molecule has 1 atom stereocenters. The molecule has 0 N–H and O–H groups in total. The molecule has 1 saturated heterocycles. The minimum absolute atomic E-state index is 0.223. The van der Waals surface area contributed by atoms with E-state index in [1.165, 1.54) is 4.31 Å². The Balaban J connectivity index is 1.71. The highest BCUT2D eigenvalue weighted by molar-refractivity contribution is 7.89. The summed E-state index contributed by atoms with van der Waals surface area (Å²) in [7, 11) is -3.89. The minimum atomic E-state index is -4.60. The summed E-state index contributed by atoms with van der Waals surface area (Å²) in [5.74, 6) is 0. The number of halogens is 3. The van der Waals surface area contributed by atoms with Gasteiger partial charge in [0.05, 0.1) is 0 Å². The molecule has 1 aliphatic heterocycles. The molecular formula is C18H20F3N3O2S. The first-order valence-electron chi connectivity index (χ1n) is 8.49. The zero-order valence-corrected chi connectivity index (χ0v) is 15.5. The van der Waals surface area contributed by atoms with Gasteiger partial charge in [-0.05, 0) is 24.6 Å². The topological polar surface area (TPSA) is 53.5 Å². The van der Waals surface area contributed by atoms with Crippen LogP contribution < -0.4 is 0 Å². The quantitative estimate of drug-likeness (QED) is 0.793. The summed E-state index contributed by atoms with van der Waals surface area (Å²) in [6.45, 7) is 3.89. The molecule has 9 heteroatoms. The van der Waals surface area contributed by atoms with Gasteiger partial charge in [-0.3, -0.25) is 9.88 Å². The van der Waals surface area contributed by atoms with Gasteiger partial charge in [-0.15, -0.1) is 0 Å². The summed E-state index contributed by atoms with van der Waals surface area (Å²) in [5.41, 5.74) is 0.0372. The highest BCUT2D eigenvalue weighted by Crippen LogP contribution is 2.29. The maximum Gasteiger partial charge on any atom is 0.433 e. The van der Waals surface area contributed by atoms with Crippen LogP contribution in [-0.2, 0) is 22.7 Å². The van der Waals surface area contributed by atoms with Crippen LogP contribution in [-0.4, -0.2) is 48.3 Å². The van der Waals surface area contributed by atoms with E-state index in [4.69, 9.17) is 0 Å². The number of alkyl halides is 3. The fourth-order valence-electron chi connectivity index (χ4n) is 3.19. The smallest absolute Gasteiger partial charge is 0.296 e. The Hall–Kier alpha value is -1.97. The van der Waals surface area contributed by atoms with E-state index < -0.39 is 21.9 Å². The van der Waals surface area contributed by atoms with E-state index in [-0.39, 0.29) is 17.5 Å². The van der Waals surface area contributed by atoms with Crippen molar-refractivity contribution in [2.24, 2.45) is 0 Å². The van der Waals surface area contributed by atoms with E-state index in [1.54, 1.807) is 6.92 Å². The van der Waals surface area contributed by atoms with Crippen molar-refractivity contribution in [2.75, 3.05) is 19.6 Å². The van der Waals surface area contributed by atoms with E-state index in [2.05, 4.69) is 9.88 Å². The van der Waals surface area contributed by atoms with Crippen molar-refractivity contribution in [1.82, 2.24) is 14.2 Å². The summed E-state index contributed by atoms with van der Waals surface area (Å²) in [6.07, 6.45) is -3.82. The molecule has 27 heavy (non-hydrogen) atoms. The molecule has 5 nitrogen and oxygen atoms in total. The van der Waals surface area contributed by atoms with Crippen LogP contribution in [0.4, 0.5) is 13.2 Å². The molecule has 1 aromatic carbocycles. The molecule has 1 fully saturated rings. The molecule has 0 spiro atoms. The van der Waals surface area contributed by atoms with Crippen molar-refractivity contribution in [2.45, 2.75) is 30.6 Å². The van der Waals surface area contributed by atoms with Gasteiger partial charge in [-0.25, -0.2) is 8.42 Å². The molecule has 3 rings (SSSR count). The summed E-state index contributed by atoms with van der Waals surface area (Å²) in [6, 6.07) is 11.2. The number of piperazine rings is 1. The SMILES string of the molecule is C[C@H]1CN(Cc2ccccc2)CCN1S(=O)(=O)c1ccc(C(F)(F)F)nc1. The van der Waals surface area contributed by atoms with Crippen molar-refractivity contribution in [1.29, 1.82) is 0 Å². The maximum atomic E-state index is 12.8. The molecule has 0 aliphatic carbocycles. The van der Waals surface area contributed by atoms with Gasteiger partial charge < -0.3 is 0 Å². The first kappa shape index (κ1) is 19.8. The third-order valence-electron chi connectivity index (χ3n) is 4.53. The first-order valence-corrected chi connectivity index (χ1v) is 9.93. The lowest BCUT2D eigenvalue weighted by Gasteiger charge is -2.38. The van der Waals surface area contributed by atoms with Gasteiger partial charge >= 0.3 is 6.18 Å². The number of sulfonamides is 1. The second kappa shape index (κ2) is 7.57. The van der Waals surface area contributed by atoms with Crippen LogP contribution in [0.3, 0.4) is 0 Å². The van der Waals surface area contributed by atoms with Gasteiger partial charge in [0.15, 0.2) is 0 Å². The molecule has 0 amide bonds. The number of benzene rings is 1. The standard InChI is InChI=1S/C18H20F3N3O2S/c1-14-12-23(13-15-5-3-2-4-6-15)9-10-24(14)27(25,26)16-7-8-17(22-11-16)18(19,20)21/h2-8,11,14H,9-10,12-13H2,1H3/t14-/m0/s1. The number of rotatable bonds is 4. The van der Waals surface area contributed by atoms with Crippen LogP contribution >= 0.6 is 0 Å². The Kier molecular flexibility index (Phi) is 5.55. The van der Waals surface area contributed by atoms with Gasteiger partial charge in [0.2, 0.25) is 10.0 Å². The number of hydrogen-bond acceptors (Lipinski definition) is 4. The normalized spacial score (nSPS) is 19.9. The Bertz CT molecular complexity index is 871. The van der Waals surface area contributed by atoms with Crippen molar-refractivity contribution >= 4 is 10.0 Å². The maximum absolute atomic E-state index is 12.8. The summed E-state index contributed by atoms with van der Waals surface area (Å²) >= 11 is 0. The van der Waals surface area contributed by atoms with Gasteiger partial charge in [-0.2, -0.15) is 17.5 Å². The van der Waals surface area contributed by atoms with E-state index in [9.17, 15) is 21.6 Å². The van der Waals surface area contributed by atoms with Crippen LogP contribution in [0.1, 0.15) is 18.2 Å². The number of hydrogen-bond donors (Lipinski definition) is 0. The number of nitrogens with zero attached hydrogens (tertiary/aromatic N) is 3. The largest absolute Gasteiger partial charge is 0.433 e. The van der Waals surface area contributed by atoms with Gasteiger partial charge in [0.25, 0.3) is 0 Å². The average Bonchev–Trinajstić information content (AvgIpc) is 2.62. The predicted molar refractivity (Wildman–Crippen MR) is 94.3 cm³/mol. The lowest BCUT2D eigenvalue weighted by atomic mass is 10.1. The fraction of sp³-hybridized carbons (Fsp3) is 0.389. The van der Waals surface area contributed by atoms with Crippen LogP contribution in [0.5, 0.6) is 0 Å². The summed E-state index contributed by atoms with van der Waals surface area (Å²) in [4.78, 5) is 5.21. The van der Waals surface area contributed by atoms with Crippen LogP contribution in [0.25, 0.3) is 0 Å². The molecule has 0 radical (unpaired) electrons. The zero-order chi connectivity index (χ0) is 19.7. The summed E-state index contributed by atoms with van der Waals surface area (Å²) < 4.78 is 64.8. The second-order valence-corrected chi connectivity index (χ2v) is 8.45. The van der Waals surface area contributed by atoms with E-state index in [0.29, 0.717) is 19.2 Å². The van der Waals surface area contributed by atoms with Crippen molar-refractivity contribution in [3.05, 3.63) is 59.9 Å². The number of pyridine rings is 1. The third-order valence-corrected chi connectivity index (χ3v) is 6.53. The highest BCUT2D eigenvalue weighted by atomic mass is 32.2.